The highest BCUT2D eigenvalue weighted by Crippen LogP contribution is 1.93. The van der Waals surface area contributed by atoms with Crippen LogP contribution in [0.2, 0.25) is 0 Å². The van der Waals surface area contributed by atoms with Crippen molar-refractivity contribution in [2.24, 2.45) is 0 Å². The van der Waals surface area contributed by atoms with Crippen LogP contribution in [0.3, 0.4) is 0 Å². The average Bonchev–Trinajstić information content (AvgIpc) is 2.21. The number of hydrogen-bond donors (Lipinski definition) is 1. The third kappa shape index (κ3) is 0.954. The van der Waals surface area contributed by atoms with Crippen LogP contribution in [-0.2, 0) is 4.74 Å². The largest absolute Gasteiger partial charge is 0.383 e. The Balaban J connectivity index is 1.88. The van der Waals surface area contributed by atoms with Gasteiger partial charge in [-0.1, -0.05) is 0 Å². The van der Waals surface area contributed by atoms with Crippen LogP contribution < -0.4 is 5.32 Å². The monoisotopic (exact) mass is 87.1 g/mol. The van der Waals surface area contributed by atoms with Gasteiger partial charge in [-0.3, -0.25) is 0 Å². The smallest absolute Gasteiger partial charge is 0.0628 e. The molecule has 0 radical (unpaired) electrons. The number of ether oxygens (including phenoxy) is 1. The van der Waals surface area contributed by atoms with E-state index < -0.39 is 0 Å². The zero-order valence-electron chi connectivity index (χ0n) is 3.90. The molecule has 1 saturated heterocycles. The van der Waals surface area contributed by atoms with E-state index in [1.165, 1.54) is 0 Å². The van der Waals surface area contributed by atoms with Crippen molar-refractivity contribution in [3.8, 4) is 0 Å². The molecule has 0 aromatic carbocycles. The van der Waals surface area contributed by atoms with Gasteiger partial charge in [-0.2, -0.15) is 0 Å². The van der Waals surface area contributed by atoms with Crippen molar-refractivity contribution in [2.75, 3.05) is 20.3 Å². The first-order chi connectivity index (χ1) is 2.93. The maximum Gasteiger partial charge on any atom is 0.0628 e. The predicted molar refractivity (Wildman–Crippen MR) is 23.7 cm³/mol. The van der Waals surface area contributed by atoms with E-state index in [2.05, 4.69) is 5.32 Å². The number of nitrogens with one attached hydrogen (secondary N) is 1. The Morgan fingerprint density at radius 2 is 2.67 bits per heavy atom. The van der Waals surface area contributed by atoms with Gasteiger partial charge in [0.25, 0.3) is 0 Å². The molecule has 1 heterocycles. The topological polar surface area (TPSA) is 31.2 Å². The first kappa shape index (κ1) is 4.09. The van der Waals surface area contributed by atoms with Crippen molar-refractivity contribution >= 4 is 0 Å². The van der Waals surface area contributed by atoms with Crippen LogP contribution in [0.4, 0.5) is 0 Å². The molecule has 1 rings (SSSR count). The molecule has 0 bridgehead atoms. The molecular weight excluding hydrogens is 78.0 g/mol. The molecular formula is C4H9NO. The minimum atomic E-state index is 0.676. The standard InChI is InChI=1S/C4H9NO/c1-6-3-4-2-5-4/h4-5H,2-3H2,1H3. The van der Waals surface area contributed by atoms with E-state index in [4.69, 9.17) is 4.74 Å². The summed E-state index contributed by atoms with van der Waals surface area (Å²) in [4.78, 5) is 0. The molecule has 2 nitrogen and oxygen atoms in total. The Kier molecular flexibility index (Phi) is 1.08. The third-order valence-electron chi connectivity index (χ3n) is 0.861. The lowest BCUT2D eigenvalue weighted by Gasteiger charge is -1.86. The summed E-state index contributed by atoms with van der Waals surface area (Å²) in [5, 5.41) is 3.11. The van der Waals surface area contributed by atoms with Gasteiger partial charge < -0.3 is 10.1 Å². The van der Waals surface area contributed by atoms with Crippen molar-refractivity contribution in [1.82, 2.24) is 5.32 Å². The summed E-state index contributed by atoms with van der Waals surface area (Å²) < 4.78 is 4.80. The Morgan fingerprint density at radius 1 is 2.00 bits per heavy atom. The number of methoxy groups -OCH3 is 1. The minimum absolute atomic E-state index is 0.676. The van der Waals surface area contributed by atoms with Gasteiger partial charge in [0.2, 0.25) is 0 Å². The summed E-state index contributed by atoms with van der Waals surface area (Å²) in [6, 6.07) is 0.676. The second-order valence-corrected chi connectivity index (χ2v) is 1.56. The van der Waals surface area contributed by atoms with Gasteiger partial charge in [0.15, 0.2) is 0 Å². The van der Waals surface area contributed by atoms with Gasteiger partial charge in [0, 0.05) is 19.7 Å². The normalized spacial score (nSPS) is 30.5. The van der Waals surface area contributed by atoms with Crippen molar-refractivity contribution in [1.29, 1.82) is 0 Å². The Labute approximate surface area is 37.5 Å². The lowest BCUT2D eigenvalue weighted by Crippen LogP contribution is -1.99. The van der Waals surface area contributed by atoms with Crippen molar-refractivity contribution in [2.45, 2.75) is 6.04 Å². The highest BCUT2D eigenvalue weighted by Gasteiger charge is 2.18. The van der Waals surface area contributed by atoms with Crippen LogP contribution >= 0.6 is 0 Å². The molecule has 0 spiro atoms. The number of rotatable bonds is 2. The van der Waals surface area contributed by atoms with Gasteiger partial charge in [-0.05, 0) is 0 Å². The van der Waals surface area contributed by atoms with Crippen LogP contribution in [0.25, 0.3) is 0 Å². The van der Waals surface area contributed by atoms with Crippen LogP contribution in [0.5, 0.6) is 0 Å². The highest BCUT2D eigenvalue weighted by atomic mass is 16.5. The second-order valence-electron chi connectivity index (χ2n) is 1.56. The quantitative estimate of drug-likeness (QED) is 0.465. The Bertz CT molecular complexity index is 42.8. The molecule has 1 atom stereocenters. The summed E-state index contributed by atoms with van der Waals surface area (Å²) in [7, 11) is 1.72. The first-order valence-corrected chi connectivity index (χ1v) is 2.16. The fourth-order valence-corrected chi connectivity index (χ4v) is 0.402. The van der Waals surface area contributed by atoms with E-state index in [-0.39, 0.29) is 0 Å². The van der Waals surface area contributed by atoms with Gasteiger partial charge >= 0.3 is 0 Å². The molecule has 2 heteroatoms. The van der Waals surface area contributed by atoms with Crippen LogP contribution in [0.1, 0.15) is 0 Å². The van der Waals surface area contributed by atoms with E-state index in [9.17, 15) is 0 Å². The van der Waals surface area contributed by atoms with Crippen LogP contribution in [-0.4, -0.2) is 26.3 Å². The molecule has 36 valence electrons. The molecule has 0 saturated carbocycles. The van der Waals surface area contributed by atoms with Gasteiger partial charge in [0.05, 0.1) is 6.61 Å². The SMILES string of the molecule is COCC1CN1. The van der Waals surface area contributed by atoms with Crippen LogP contribution in [0.15, 0.2) is 0 Å². The minimum Gasteiger partial charge on any atom is -0.383 e. The Hall–Kier alpha value is -0.0800. The van der Waals surface area contributed by atoms with Crippen LogP contribution in [0, 0.1) is 0 Å². The average molecular weight is 87.1 g/mol. The molecule has 0 amide bonds. The van der Waals surface area contributed by atoms with Gasteiger partial charge in [0.1, 0.15) is 0 Å². The fraction of sp³-hybridized carbons (Fsp3) is 1.00. The lowest BCUT2D eigenvalue weighted by atomic mass is 10.5. The van der Waals surface area contributed by atoms with E-state index in [0.29, 0.717) is 6.04 Å². The Morgan fingerprint density at radius 3 is 2.83 bits per heavy atom. The van der Waals surface area contributed by atoms with Gasteiger partial charge in [-0.15, -0.1) is 0 Å². The predicted octanol–water partition coefficient (Wildman–Crippen LogP) is -0.395. The van der Waals surface area contributed by atoms with E-state index in [1.807, 2.05) is 0 Å². The zero-order valence-corrected chi connectivity index (χ0v) is 3.90. The maximum absolute atomic E-state index is 4.80. The summed E-state index contributed by atoms with van der Waals surface area (Å²) in [6.45, 7) is 2.02. The molecule has 0 aromatic rings. The third-order valence-corrected chi connectivity index (χ3v) is 0.861. The van der Waals surface area contributed by atoms with Crippen molar-refractivity contribution < 1.29 is 4.74 Å². The maximum atomic E-state index is 4.80. The first-order valence-electron chi connectivity index (χ1n) is 2.16. The second kappa shape index (κ2) is 1.58. The fourth-order valence-electron chi connectivity index (χ4n) is 0.402. The van der Waals surface area contributed by atoms with Crippen molar-refractivity contribution in [3.05, 3.63) is 0 Å². The molecule has 6 heavy (non-hydrogen) atoms. The summed E-state index contributed by atoms with van der Waals surface area (Å²) in [5.74, 6) is 0. The number of hydrogen-bond acceptors (Lipinski definition) is 2. The summed E-state index contributed by atoms with van der Waals surface area (Å²) in [6.07, 6.45) is 0. The summed E-state index contributed by atoms with van der Waals surface area (Å²) >= 11 is 0. The molecule has 0 aromatic heterocycles. The van der Waals surface area contributed by atoms with E-state index >= 15 is 0 Å². The molecule has 1 unspecified atom stereocenters. The molecule has 0 aliphatic carbocycles. The summed E-state index contributed by atoms with van der Waals surface area (Å²) in [5.41, 5.74) is 0. The van der Waals surface area contributed by atoms with Crippen molar-refractivity contribution in [3.63, 3.8) is 0 Å². The zero-order chi connectivity index (χ0) is 4.41. The van der Waals surface area contributed by atoms with Gasteiger partial charge in [-0.25, -0.2) is 0 Å². The molecule has 1 aliphatic rings. The van der Waals surface area contributed by atoms with E-state index in [1.54, 1.807) is 7.11 Å². The molecule has 1 fully saturated rings. The molecule has 1 aliphatic heterocycles. The highest BCUT2D eigenvalue weighted by molar-refractivity contribution is 4.81. The lowest BCUT2D eigenvalue weighted by molar-refractivity contribution is 0.201. The molecule has 1 N–H and O–H groups in total. The van der Waals surface area contributed by atoms with E-state index in [0.717, 1.165) is 13.2 Å².